The first kappa shape index (κ1) is 11.6. The topological polar surface area (TPSA) is 47.3 Å². The molecule has 1 N–H and O–H groups in total. The van der Waals surface area contributed by atoms with Crippen LogP contribution in [-0.2, 0) is 11.3 Å². The Labute approximate surface area is 96.2 Å². The highest BCUT2D eigenvalue weighted by molar-refractivity contribution is 5.04. The van der Waals surface area contributed by atoms with E-state index < -0.39 is 0 Å². The van der Waals surface area contributed by atoms with Crippen LogP contribution in [0.4, 0.5) is 0 Å². The summed E-state index contributed by atoms with van der Waals surface area (Å²) in [5.74, 6) is 0.587. The Bertz CT molecular complexity index is 319. The molecule has 1 aromatic heterocycles. The van der Waals surface area contributed by atoms with Crippen molar-refractivity contribution in [1.82, 2.24) is 9.78 Å². The molecular formula is C12H20N2O2. The summed E-state index contributed by atoms with van der Waals surface area (Å²) in [7, 11) is 0. The number of aryl methyl sites for hydroxylation is 1. The molecule has 0 saturated carbocycles. The number of aromatic nitrogens is 2. The van der Waals surface area contributed by atoms with Crippen molar-refractivity contribution in [1.29, 1.82) is 0 Å². The van der Waals surface area contributed by atoms with Crippen LogP contribution in [0.3, 0.4) is 0 Å². The monoisotopic (exact) mass is 224 g/mol. The molecule has 1 fully saturated rings. The van der Waals surface area contributed by atoms with Crippen molar-refractivity contribution in [3.63, 3.8) is 0 Å². The van der Waals surface area contributed by atoms with E-state index in [1.165, 1.54) is 0 Å². The van der Waals surface area contributed by atoms with Crippen LogP contribution in [0, 0.1) is 5.92 Å². The lowest BCUT2D eigenvalue weighted by molar-refractivity contribution is 0.0417. The minimum atomic E-state index is -0.384. The number of rotatable bonds is 4. The van der Waals surface area contributed by atoms with Gasteiger partial charge in [-0.1, -0.05) is 0 Å². The minimum Gasteiger partial charge on any atom is -0.387 e. The van der Waals surface area contributed by atoms with Crippen LogP contribution in [0.1, 0.15) is 38.0 Å². The fourth-order valence-corrected chi connectivity index (χ4v) is 2.31. The van der Waals surface area contributed by atoms with Gasteiger partial charge < -0.3 is 9.84 Å². The molecule has 0 bridgehead atoms. The van der Waals surface area contributed by atoms with E-state index in [1.54, 1.807) is 6.20 Å². The molecule has 2 heterocycles. The number of ether oxygens (including phenoxy) is 1. The normalized spacial score (nSPS) is 19.9. The first-order chi connectivity index (χ1) is 7.81. The predicted octanol–water partition coefficient (Wildman–Crippen LogP) is 1.75. The second-order valence-corrected chi connectivity index (χ2v) is 4.38. The molecule has 2 rings (SSSR count). The second kappa shape index (κ2) is 5.46. The van der Waals surface area contributed by atoms with E-state index in [0.717, 1.165) is 44.7 Å². The fraction of sp³-hybridized carbons (Fsp3) is 0.750. The van der Waals surface area contributed by atoms with Gasteiger partial charge in [0.2, 0.25) is 0 Å². The van der Waals surface area contributed by atoms with Gasteiger partial charge in [-0.25, -0.2) is 0 Å². The molecule has 1 saturated heterocycles. The summed E-state index contributed by atoms with van der Waals surface area (Å²) in [5.41, 5.74) is 0.939. The smallest absolute Gasteiger partial charge is 0.0959 e. The van der Waals surface area contributed by atoms with Crippen LogP contribution in [0.15, 0.2) is 12.3 Å². The quantitative estimate of drug-likeness (QED) is 0.847. The Morgan fingerprint density at radius 2 is 2.31 bits per heavy atom. The van der Waals surface area contributed by atoms with Crippen molar-refractivity contribution in [2.75, 3.05) is 13.2 Å². The standard InChI is InChI=1S/C12H20N2O2/c1-2-14-11(3-6-13-14)12(15)9-10-4-7-16-8-5-10/h3,6,10,12,15H,2,4-5,7-9H2,1H3. The summed E-state index contributed by atoms with van der Waals surface area (Å²) in [4.78, 5) is 0. The van der Waals surface area contributed by atoms with Crippen LogP contribution >= 0.6 is 0 Å². The molecule has 1 aliphatic heterocycles. The minimum absolute atomic E-state index is 0.384. The van der Waals surface area contributed by atoms with E-state index >= 15 is 0 Å². The lowest BCUT2D eigenvalue weighted by Gasteiger charge is -2.24. The summed E-state index contributed by atoms with van der Waals surface area (Å²) in [5, 5.41) is 14.4. The molecule has 4 heteroatoms. The summed E-state index contributed by atoms with van der Waals surface area (Å²) < 4.78 is 7.18. The zero-order valence-electron chi connectivity index (χ0n) is 9.80. The molecule has 0 aromatic carbocycles. The van der Waals surface area contributed by atoms with E-state index in [4.69, 9.17) is 4.74 Å². The highest BCUT2D eigenvalue weighted by Gasteiger charge is 2.20. The van der Waals surface area contributed by atoms with Gasteiger partial charge in [-0.2, -0.15) is 5.10 Å². The van der Waals surface area contributed by atoms with Crippen LogP contribution in [0.25, 0.3) is 0 Å². The molecule has 0 radical (unpaired) electrons. The lowest BCUT2D eigenvalue weighted by atomic mass is 9.92. The average Bonchev–Trinajstić information content (AvgIpc) is 2.78. The maximum atomic E-state index is 10.2. The highest BCUT2D eigenvalue weighted by Crippen LogP contribution is 2.27. The lowest BCUT2D eigenvalue weighted by Crippen LogP contribution is -2.19. The maximum Gasteiger partial charge on any atom is 0.0959 e. The van der Waals surface area contributed by atoms with Gasteiger partial charge >= 0.3 is 0 Å². The third-order valence-electron chi connectivity index (χ3n) is 3.29. The molecule has 0 amide bonds. The molecule has 90 valence electrons. The summed E-state index contributed by atoms with van der Waals surface area (Å²) in [6.45, 7) is 4.53. The van der Waals surface area contributed by atoms with Crippen LogP contribution < -0.4 is 0 Å². The fourth-order valence-electron chi connectivity index (χ4n) is 2.31. The van der Waals surface area contributed by atoms with Gasteiger partial charge in [0, 0.05) is 26.0 Å². The second-order valence-electron chi connectivity index (χ2n) is 4.38. The summed E-state index contributed by atoms with van der Waals surface area (Å²) in [6.07, 6.45) is 4.33. The number of aliphatic hydroxyl groups is 1. The van der Waals surface area contributed by atoms with Crippen LogP contribution in [0.5, 0.6) is 0 Å². The van der Waals surface area contributed by atoms with Crippen molar-refractivity contribution < 1.29 is 9.84 Å². The SMILES string of the molecule is CCn1nccc1C(O)CC1CCOCC1. The molecule has 1 aliphatic rings. The molecule has 1 aromatic rings. The van der Waals surface area contributed by atoms with Crippen molar-refractivity contribution in [3.05, 3.63) is 18.0 Å². The van der Waals surface area contributed by atoms with Gasteiger partial charge in [-0.05, 0) is 38.2 Å². The third kappa shape index (κ3) is 2.62. The molecule has 16 heavy (non-hydrogen) atoms. The van der Waals surface area contributed by atoms with Gasteiger partial charge in [0.15, 0.2) is 0 Å². The van der Waals surface area contributed by atoms with Gasteiger partial charge in [0.05, 0.1) is 11.8 Å². The number of hydrogen-bond acceptors (Lipinski definition) is 3. The Morgan fingerprint density at radius 3 is 3.00 bits per heavy atom. The summed E-state index contributed by atoms with van der Waals surface area (Å²) >= 11 is 0. The third-order valence-corrected chi connectivity index (χ3v) is 3.29. The average molecular weight is 224 g/mol. The molecule has 1 unspecified atom stereocenters. The Kier molecular flexibility index (Phi) is 3.96. The Hall–Kier alpha value is -0.870. The molecule has 1 atom stereocenters. The number of hydrogen-bond donors (Lipinski definition) is 1. The van der Waals surface area contributed by atoms with Gasteiger partial charge in [0.1, 0.15) is 0 Å². The van der Waals surface area contributed by atoms with E-state index in [2.05, 4.69) is 5.10 Å². The van der Waals surface area contributed by atoms with Gasteiger partial charge in [0.25, 0.3) is 0 Å². The summed E-state index contributed by atoms with van der Waals surface area (Å²) in [6, 6.07) is 1.91. The van der Waals surface area contributed by atoms with Crippen molar-refractivity contribution in [3.8, 4) is 0 Å². The Balaban J connectivity index is 1.93. The van der Waals surface area contributed by atoms with Crippen molar-refractivity contribution in [2.45, 2.75) is 38.8 Å². The van der Waals surface area contributed by atoms with Crippen LogP contribution in [-0.4, -0.2) is 28.1 Å². The van der Waals surface area contributed by atoms with Gasteiger partial charge in [-0.15, -0.1) is 0 Å². The maximum absolute atomic E-state index is 10.2. The van der Waals surface area contributed by atoms with Crippen LogP contribution in [0.2, 0.25) is 0 Å². The first-order valence-corrected chi connectivity index (χ1v) is 6.08. The van der Waals surface area contributed by atoms with E-state index in [0.29, 0.717) is 5.92 Å². The molecule has 4 nitrogen and oxygen atoms in total. The van der Waals surface area contributed by atoms with Gasteiger partial charge in [-0.3, -0.25) is 4.68 Å². The number of nitrogens with zero attached hydrogens (tertiary/aromatic N) is 2. The molecular weight excluding hydrogens is 204 g/mol. The Morgan fingerprint density at radius 1 is 1.56 bits per heavy atom. The zero-order chi connectivity index (χ0) is 11.4. The van der Waals surface area contributed by atoms with Crippen molar-refractivity contribution in [2.24, 2.45) is 5.92 Å². The van der Waals surface area contributed by atoms with E-state index in [1.807, 2.05) is 17.7 Å². The zero-order valence-corrected chi connectivity index (χ0v) is 9.80. The predicted molar refractivity (Wildman–Crippen MR) is 61.0 cm³/mol. The molecule has 0 aliphatic carbocycles. The number of aliphatic hydroxyl groups excluding tert-OH is 1. The van der Waals surface area contributed by atoms with Crippen molar-refractivity contribution >= 4 is 0 Å². The largest absolute Gasteiger partial charge is 0.387 e. The first-order valence-electron chi connectivity index (χ1n) is 6.08. The molecule has 0 spiro atoms. The highest BCUT2D eigenvalue weighted by atomic mass is 16.5. The van der Waals surface area contributed by atoms with E-state index in [-0.39, 0.29) is 6.10 Å². The van der Waals surface area contributed by atoms with E-state index in [9.17, 15) is 5.11 Å².